The molecule has 1 aromatic heterocycles. The molecule has 2 heterocycles. The van der Waals surface area contributed by atoms with Crippen molar-refractivity contribution >= 4 is 14.1 Å². The average Bonchev–Trinajstić information content (AvgIpc) is 3.10. The lowest BCUT2D eigenvalue weighted by Crippen LogP contribution is -2.47. The van der Waals surface area contributed by atoms with Crippen LogP contribution in [0.3, 0.4) is 0 Å². The summed E-state index contributed by atoms with van der Waals surface area (Å²) in [5.74, 6) is 0.282. The largest absolute Gasteiger partial charge is 0.411 e. The molecule has 0 radical (unpaired) electrons. The molecule has 1 saturated heterocycles. The first-order chi connectivity index (χ1) is 11.8. The number of ether oxygens (including phenoxy) is 1. The number of hydrogen-bond donors (Lipinski definition) is 1. The maximum atomic E-state index is 12.4. The Balaban J connectivity index is 1.89. The van der Waals surface area contributed by atoms with Crippen LogP contribution in [-0.2, 0) is 9.16 Å². The summed E-state index contributed by atoms with van der Waals surface area (Å²) in [5.41, 5.74) is 6.36. The molecular formula is C19H33N3O3Si. The van der Waals surface area contributed by atoms with Gasteiger partial charge in [-0.15, -0.1) is 0 Å². The standard InChI is InChI=1S/C19H33N3O3Si/c1-12-11-22(17(23)21-16(12)20)14-10-13(15(24-14)19(5)8-9-19)25-26(6,7)18(2,3)4/h11,13-15H,8-10H2,1-7H3,(H2,20,21,23)/t13?,14-,15+/m1/s1. The minimum absolute atomic E-state index is 0.0122. The average molecular weight is 380 g/mol. The topological polar surface area (TPSA) is 79.4 Å². The maximum absolute atomic E-state index is 12.4. The fourth-order valence-electron chi connectivity index (χ4n) is 3.36. The van der Waals surface area contributed by atoms with Crippen LogP contribution in [0, 0.1) is 12.3 Å². The summed E-state index contributed by atoms with van der Waals surface area (Å²) >= 11 is 0. The molecule has 2 N–H and O–H groups in total. The third-order valence-corrected chi connectivity index (χ3v) is 11.0. The van der Waals surface area contributed by atoms with Gasteiger partial charge in [0.1, 0.15) is 12.0 Å². The first-order valence-corrected chi connectivity index (χ1v) is 12.4. The molecule has 1 aliphatic heterocycles. The Morgan fingerprint density at radius 3 is 2.54 bits per heavy atom. The summed E-state index contributed by atoms with van der Waals surface area (Å²) in [6.07, 6.45) is 4.43. The van der Waals surface area contributed by atoms with Crippen LogP contribution in [0.25, 0.3) is 0 Å². The van der Waals surface area contributed by atoms with E-state index in [1.54, 1.807) is 10.8 Å². The number of nitrogens with zero attached hydrogens (tertiary/aromatic N) is 2. The third kappa shape index (κ3) is 3.49. The number of rotatable bonds is 4. The highest BCUT2D eigenvalue weighted by Crippen LogP contribution is 2.55. The van der Waals surface area contributed by atoms with Crippen LogP contribution >= 0.6 is 0 Å². The minimum Gasteiger partial charge on any atom is -0.411 e. The summed E-state index contributed by atoms with van der Waals surface area (Å²) < 4.78 is 14.7. The Morgan fingerprint density at radius 1 is 1.38 bits per heavy atom. The van der Waals surface area contributed by atoms with E-state index in [2.05, 4.69) is 45.8 Å². The Morgan fingerprint density at radius 2 is 2.00 bits per heavy atom. The molecule has 0 aromatic carbocycles. The van der Waals surface area contributed by atoms with Gasteiger partial charge in [-0.05, 0) is 43.3 Å². The molecule has 1 aromatic rings. The van der Waals surface area contributed by atoms with Gasteiger partial charge >= 0.3 is 5.69 Å². The van der Waals surface area contributed by atoms with Gasteiger partial charge in [-0.1, -0.05) is 27.7 Å². The molecular weight excluding hydrogens is 346 g/mol. The van der Waals surface area contributed by atoms with Gasteiger partial charge in [-0.3, -0.25) is 4.57 Å². The molecule has 3 atom stereocenters. The monoisotopic (exact) mass is 379 g/mol. The number of aryl methyl sites for hydroxylation is 1. The van der Waals surface area contributed by atoms with E-state index in [-0.39, 0.29) is 40.4 Å². The second-order valence-corrected chi connectivity index (χ2v) is 14.6. The van der Waals surface area contributed by atoms with Gasteiger partial charge < -0.3 is 14.9 Å². The molecule has 0 bridgehead atoms. The summed E-state index contributed by atoms with van der Waals surface area (Å²) in [7, 11) is -1.93. The van der Waals surface area contributed by atoms with E-state index >= 15 is 0 Å². The fraction of sp³-hybridized carbons (Fsp3) is 0.789. The Hall–Kier alpha value is -1.18. The number of anilines is 1. The zero-order valence-corrected chi connectivity index (χ0v) is 18.1. The normalized spacial score (nSPS) is 28.3. The number of hydrogen-bond acceptors (Lipinski definition) is 5. The van der Waals surface area contributed by atoms with Crippen molar-refractivity contribution in [2.75, 3.05) is 5.73 Å². The second-order valence-electron chi connectivity index (χ2n) is 9.82. The highest BCUT2D eigenvalue weighted by molar-refractivity contribution is 6.74. The van der Waals surface area contributed by atoms with Crippen molar-refractivity contribution < 1.29 is 9.16 Å². The van der Waals surface area contributed by atoms with Crippen molar-refractivity contribution in [3.8, 4) is 0 Å². The lowest BCUT2D eigenvalue weighted by Gasteiger charge is -2.40. The summed E-state index contributed by atoms with van der Waals surface area (Å²) in [5, 5.41) is 0.135. The highest BCUT2D eigenvalue weighted by Gasteiger charge is 2.55. The lowest BCUT2D eigenvalue weighted by atomic mass is 9.97. The summed E-state index contributed by atoms with van der Waals surface area (Å²) in [6, 6.07) is 0. The van der Waals surface area contributed by atoms with Gasteiger partial charge in [0.15, 0.2) is 8.32 Å². The van der Waals surface area contributed by atoms with Crippen LogP contribution in [0.5, 0.6) is 0 Å². The lowest BCUT2D eigenvalue weighted by molar-refractivity contribution is -0.0522. The van der Waals surface area contributed by atoms with Crippen molar-refractivity contribution in [3.63, 3.8) is 0 Å². The maximum Gasteiger partial charge on any atom is 0.351 e. The smallest absolute Gasteiger partial charge is 0.351 e. The van der Waals surface area contributed by atoms with Crippen LogP contribution in [0.1, 0.15) is 58.7 Å². The number of aromatic nitrogens is 2. The summed E-state index contributed by atoms with van der Waals surface area (Å²) in [4.78, 5) is 16.3. The third-order valence-electron chi connectivity index (χ3n) is 6.54. The van der Waals surface area contributed by atoms with Gasteiger partial charge in [-0.25, -0.2) is 4.79 Å². The van der Waals surface area contributed by atoms with Crippen LogP contribution in [0.15, 0.2) is 11.0 Å². The molecule has 0 spiro atoms. The number of nitrogens with two attached hydrogens (primary N) is 1. The van der Waals surface area contributed by atoms with Crippen LogP contribution in [-0.4, -0.2) is 30.1 Å². The van der Waals surface area contributed by atoms with Crippen LogP contribution < -0.4 is 11.4 Å². The molecule has 1 saturated carbocycles. The molecule has 0 amide bonds. The van der Waals surface area contributed by atoms with Crippen molar-refractivity contribution in [2.45, 2.75) is 90.4 Å². The molecule has 7 heteroatoms. The molecule has 2 aliphatic rings. The quantitative estimate of drug-likeness (QED) is 0.808. The molecule has 6 nitrogen and oxygen atoms in total. The van der Waals surface area contributed by atoms with Gasteiger partial charge in [0.25, 0.3) is 0 Å². The van der Waals surface area contributed by atoms with Crippen LogP contribution in [0.4, 0.5) is 5.82 Å². The Labute approximate surface area is 157 Å². The molecule has 2 fully saturated rings. The van der Waals surface area contributed by atoms with Gasteiger partial charge in [0.2, 0.25) is 0 Å². The van der Waals surface area contributed by atoms with Gasteiger partial charge in [-0.2, -0.15) is 4.98 Å². The Kier molecular flexibility index (Phi) is 4.65. The summed E-state index contributed by atoms with van der Waals surface area (Å²) in [6.45, 7) is 15.4. The van der Waals surface area contributed by atoms with E-state index in [1.807, 2.05) is 6.92 Å². The predicted octanol–water partition coefficient (Wildman–Crippen LogP) is 3.61. The zero-order valence-electron chi connectivity index (χ0n) is 17.1. The van der Waals surface area contributed by atoms with Gasteiger partial charge in [0, 0.05) is 18.2 Å². The van der Waals surface area contributed by atoms with E-state index in [1.165, 1.54) is 0 Å². The van der Waals surface area contributed by atoms with E-state index in [9.17, 15) is 4.79 Å². The van der Waals surface area contributed by atoms with E-state index < -0.39 is 8.32 Å². The molecule has 146 valence electrons. The molecule has 3 rings (SSSR count). The molecule has 1 unspecified atom stereocenters. The molecule has 1 aliphatic carbocycles. The minimum atomic E-state index is -1.93. The van der Waals surface area contributed by atoms with Crippen LogP contribution in [0.2, 0.25) is 18.1 Å². The predicted molar refractivity (Wildman–Crippen MR) is 106 cm³/mol. The van der Waals surface area contributed by atoms with Crippen molar-refractivity contribution in [1.29, 1.82) is 0 Å². The van der Waals surface area contributed by atoms with E-state index in [0.29, 0.717) is 6.42 Å². The first kappa shape index (κ1) is 19.6. The van der Waals surface area contributed by atoms with Gasteiger partial charge in [0.05, 0.1) is 12.2 Å². The number of nitrogen functional groups attached to an aromatic ring is 1. The second kappa shape index (κ2) is 6.17. The van der Waals surface area contributed by atoms with Crippen molar-refractivity contribution in [3.05, 3.63) is 22.2 Å². The Bertz CT molecular complexity index is 749. The highest BCUT2D eigenvalue weighted by atomic mass is 28.4. The molecule has 26 heavy (non-hydrogen) atoms. The van der Waals surface area contributed by atoms with Crippen molar-refractivity contribution in [1.82, 2.24) is 9.55 Å². The first-order valence-electron chi connectivity index (χ1n) is 9.53. The zero-order chi connectivity index (χ0) is 19.5. The van der Waals surface area contributed by atoms with E-state index in [0.717, 1.165) is 18.4 Å². The van der Waals surface area contributed by atoms with Crippen molar-refractivity contribution in [2.24, 2.45) is 5.41 Å². The fourth-order valence-corrected chi connectivity index (χ4v) is 4.69. The SMILES string of the molecule is Cc1cn([C@H]2CC(O[Si](C)(C)C(C)(C)C)[C@@H](C3(C)CC3)O2)c(=O)nc1N. The van der Waals surface area contributed by atoms with E-state index in [4.69, 9.17) is 14.9 Å².